The highest BCUT2D eigenvalue weighted by Crippen LogP contribution is 2.23. The van der Waals surface area contributed by atoms with E-state index in [0.29, 0.717) is 12.3 Å². The maximum absolute atomic E-state index is 12.3. The summed E-state index contributed by atoms with van der Waals surface area (Å²) in [5, 5.41) is 0. The zero-order valence-corrected chi connectivity index (χ0v) is 14.2. The van der Waals surface area contributed by atoms with Gasteiger partial charge in [0.15, 0.2) is 0 Å². The van der Waals surface area contributed by atoms with Gasteiger partial charge in [0.25, 0.3) is 0 Å². The van der Waals surface area contributed by atoms with Crippen LogP contribution in [0, 0.1) is 11.8 Å². The van der Waals surface area contributed by atoms with Crippen LogP contribution in [-0.4, -0.2) is 73.0 Å². The second kappa shape index (κ2) is 8.14. The third kappa shape index (κ3) is 5.26. The summed E-state index contributed by atoms with van der Waals surface area (Å²) in [5.74, 6) is 2.01. The van der Waals surface area contributed by atoms with Crippen LogP contribution >= 0.6 is 0 Å². The Morgan fingerprint density at radius 2 is 1.81 bits per heavy atom. The summed E-state index contributed by atoms with van der Waals surface area (Å²) in [6.45, 7) is 15.2. The van der Waals surface area contributed by atoms with Crippen molar-refractivity contribution in [1.82, 2.24) is 14.7 Å². The van der Waals surface area contributed by atoms with E-state index in [2.05, 4.69) is 35.5 Å². The van der Waals surface area contributed by atoms with Gasteiger partial charge in [-0.25, -0.2) is 0 Å². The summed E-state index contributed by atoms with van der Waals surface area (Å²) < 4.78 is 0. The number of hydrogen-bond donors (Lipinski definition) is 0. The summed E-state index contributed by atoms with van der Waals surface area (Å²) in [5.41, 5.74) is 0. The predicted molar refractivity (Wildman–Crippen MR) is 87.3 cm³/mol. The number of carbonyl (C=O) groups excluding carboxylic acids is 1. The van der Waals surface area contributed by atoms with Gasteiger partial charge in [-0.15, -0.1) is 0 Å². The molecule has 4 nitrogen and oxygen atoms in total. The van der Waals surface area contributed by atoms with E-state index >= 15 is 0 Å². The second-order valence-corrected chi connectivity index (χ2v) is 7.15. The highest BCUT2D eigenvalue weighted by molar-refractivity contribution is 5.76. The summed E-state index contributed by atoms with van der Waals surface area (Å²) in [6, 6.07) is 0. The van der Waals surface area contributed by atoms with Gasteiger partial charge in [0.1, 0.15) is 0 Å². The number of carbonyl (C=O) groups is 1. The molecule has 2 rings (SSSR count). The minimum atomic E-state index is 0.359. The van der Waals surface area contributed by atoms with E-state index in [1.165, 1.54) is 25.9 Å². The molecule has 0 aromatic heterocycles. The highest BCUT2D eigenvalue weighted by Gasteiger charge is 2.25. The molecule has 0 N–H and O–H groups in total. The molecule has 0 aromatic carbocycles. The van der Waals surface area contributed by atoms with E-state index in [0.717, 1.165) is 51.1 Å². The SMILES string of the molecule is CCN1CCN(C(=O)CCN2CCC(CC(C)C)C2)CC1. The first-order valence-corrected chi connectivity index (χ1v) is 8.81. The molecule has 2 saturated heterocycles. The van der Waals surface area contributed by atoms with Gasteiger partial charge in [0, 0.05) is 45.7 Å². The number of rotatable bonds is 6. The van der Waals surface area contributed by atoms with E-state index < -0.39 is 0 Å². The number of likely N-dealkylation sites (tertiary alicyclic amines) is 1. The first-order chi connectivity index (χ1) is 10.1. The Balaban J connectivity index is 1.63. The Labute approximate surface area is 130 Å². The fraction of sp³-hybridized carbons (Fsp3) is 0.941. The Bertz CT molecular complexity index is 324. The number of nitrogens with zero attached hydrogens (tertiary/aromatic N) is 3. The summed E-state index contributed by atoms with van der Waals surface area (Å²) in [6.07, 6.45) is 3.37. The molecule has 0 radical (unpaired) electrons. The Morgan fingerprint density at radius 1 is 1.10 bits per heavy atom. The molecular weight excluding hydrogens is 262 g/mol. The Morgan fingerprint density at radius 3 is 2.43 bits per heavy atom. The van der Waals surface area contributed by atoms with Gasteiger partial charge in [0.2, 0.25) is 5.91 Å². The molecule has 1 unspecified atom stereocenters. The molecule has 4 heteroatoms. The molecule has 1 atom stereocenters. The minimum absolute atomic E-state index is 0.359. The molecule has 0 spiro atoms. The first kappa shape index (κ1) is 16.8. The van der Waals surface area contributed by atoms with E-state index in [-0.39, 0.29) is 0 Å². The maximum Gasteiger partial charge on any atom is 0.223 e. The maximum atomic E-state index is 12.3. The number of piperazine rings is 1. The molecule has 2 aliphatic heterocycles. The molecule has 2 fully saturated rings. The van der Waals surface area contributed by atoms with E-state index in [9.17, 15) is 4.79 Å². The summed E-state index contributed by atoms with van der Waals surface area (Å²) in [4.78, 5) is 19.3. The van der Waals surface area contributed by atoms with Crippen LogP contribution in [0.1, 0.15) is 40.0 Å². The molecule has 0 aromatic rings. The molecule has 21 heavy (non-hydrogen) atoms. The fourth-order valence-electron chi connectivity index (χ4n) is 3.70. The number of hydrogen-bond acceptors (Lipinski definition) is 3. The average Bonchev–Trinajstić information content (AvgIpc) is 2.91. The van der Waals surface area contributed by atoms with Crippen molar-refractivity contribution in [2.45, 2.75) is 40.0 Å². The molecule has 2 aliphatic rings. The first-order valence-electron chi connectivity index (χ1n) is 8.81. The lowest BCUT2D eigenvalue weighted by atomic mass is 9.97. The number of likely N-dealkylation sites (N-methyl/N-ethyl adjacent to an activating group) is 1. The fourth-order valence-corrected chi connectivity index (χ4v) is 3.70. The standard InChI is InChI=1S/C17H33N3O/c1-4-18-9-11-20(12-10-18)17(21)6-8-19-7-5-16(14-19)13-15(2)3/h15-16H,4-14H2,1-3H3. The normalized spacial score (nSPS) is 25.0. The molecular formula is C17H33N3O. The zero-order chi connectivity index (χ0) is 15.2. The van der Waals surface area contributed by atoms with Gasteiger partial charge in [-0.1, -0.05) is 20.8 Å². The third-order valence-corrected chi connectivity index (χ3v) is 4.99. The summed E-state index contributed by atoms with van der Waals surface area (Å²) >= 11 is 0. The van der Waals surface area contributed by atoms with Crippen molar-refractivity contribution in [2.24, 2.45) is 11.8 Å². The number of amides is 1. The topological polar surface area (TPSA) is 26.8 Å². The van der Waals surface area contributed by atoms with Crippen molar-refractivity contribution in [3.8, 4) is 0 Å². The van der Waals surface area contributed by atoms with Crippen molar-refractivity contribution in [1.29, 1.82) is 0 Å². The quantitative estimate of drug-likeness (QED) is 0.749. The minimum Gasteiger partial charge on any atom is -0.340 e. The lowest BCUT2D eigenvalue weighted by Gasteiger charge is -2.34. The van der Waals surface area contributed by atoms with Crippen LogP contribution in [0.5, 0.6) is 0 Å². The molecule has 0 bridgehead atoms. The van der Waals surface area contributed by atoms with E-state index in [1.807, 2.05) is 0 Å². The monoisotopic (exact) mass is 295 g/mol. The van der Waals surface area contributed by atoms with Gasteiger partial charge in [-0.2, -0.15) is 0 Å². The van der Waals surface area contributed by atoms with Gasteiger partial charge in [-0.05, 0) is 37.8 Å². The highest BCUT2D eigenvalue weighted by atomic mass is 16.2. The van der Waals surface area contributed by atoms with Crippen LogP contribution in [0.15, 0.2) is 0 Å². The van der Waals surface area contributed by atoms with Gasteiger partial charge < -0.3 is 14.7 Å². The molecule has 0 saturated carbocycles. The van der Waals surface area contributed by atoms with Crippen molar-refractivity contribution in [3.63, 3.8) is 0 Å². The van der Waals surface area contributed by atoms with Crippen LogP contribution < -0.4 is 0 Å². The molecule has 122 valence electrons. The molecule has 2 heterocycles. The van der Waals surface area contributed by atoms with Crippen LogP contribution in [0.2, 0.25) is 0 Å². The van der Waals surface area contributed by atoms with Gasteiger partial charge >= 0.3 is 0 Å². The largest absolute Gasteiger partial charge is 0.340 e. The van der Waals surface area contributed by atoms with Crippen molar-refractivity contribution >= 4 is 5.91 Å². The lowest BCUT2D eigenvalue weighted by molar-refractivity contribution is -0.133. The average molecular weight is 295 g/mol. The van der Waals surface area contributed by atoms with Gasteiger partial charge in [-0.3, -0.25) is 4.79 Å². The van der Waals surface area contributed by atoms with Crippen molar-refractivity contribution in [3.05, 3.63) is 0 Å². The van der Waals surface area contributed by atoms with Crippen LogP contribution in [0.25, 0.3) is 0 Å². The lowest BCUT2D eigenvalue weighted by Crippen LogP contribution is -2.48. The zero-order valence-electron chi connectivity index (χ0n) is 14.2. The Hall–Kier alpha value is -0.610. The smallest absolute Gasteiger partial charge is 0.223 e. The Kier molecular flexibility index (Phi) is 6.49. The molecule has 0 aliphatic carbocycles. The van der Waals surface area contributed by atoms with Gasteiger partial charge in [0.05, 0.1) is 0 Å². The van der Waals surface area contributed by atoms with Crippen LogP contribution in [0.3, 0.4) is 0 Å². The van der Waals surface area contributed by atoms with Crippen LogP contribution in [-0.2, 0) is 4.79 Å². The van der Waals surface area contributed by atoms with Crippen molar-refractivity contribution in [2.75, 3.05) is 52.4 Å². The van der Waals surface area contributed by atoms with Crippen LogP contribution in [0.4, 0.5) is 0 Å². The second-order valence-electron chi connectivity index (χ2n) is 7.15. The third-order valence-electron chi connectivity index (χ3n) is 4.99. The van der Waals surface area contributed by atoms with E-state index in [4.69, 9.17) is 0 Å². The molecule has 1 amide bonds. The summed E-state index contributed by atoms with van der Waals surface area (Å²) in [7, 11) is 0. The van der Waals surface area contributed by atoms with E-state index in [1.54, 1.807) is 0 Å². The van der Waals surface area contributed by atoms with Crippen molar-refractivity contribution < 1.29 is 4.79 Å². The predicted octanol–water partition coefficient (Wildman–Crippen LogP) is 1.91.